The van der Waals surface area contributed by atoms with E-state index in [0.29, 0.717) is 0 Å². The Bertz CT molecular complexity index is 861. The van der Waals surface area contributed by atoms with Crippen molar-refractivity contribution in [2.24, 2.45) is 0 Å². The second-order valence-corrected chi connectivity index (χ2v) is 5.54. The van der Waals surface area contributed by atoms with E-state index in [9.17, 15) is 24.6 Å². The number of aromatic nitrogens is 2. The fourth-order valence-electron chi connectivity index (χ4n) is 2.54. The summed E-state index contributed by atoms with van der Waals surface area (Å²) in [7, 11) is 0. The minimum Gasteiger partial charge on any atom is -0.451 e. The zero-order valence-electron chi connectivity index (χ0n) is 12.9. The fraction of sp³-hybridized carbons (Fsp3) is 0.312. The number of carbonyl (C=O) groups is 1. The Hall–Kier alpha value is -2.75. The van der Waals surface area contributed by atoms with E-state index >= 15 is 0 Å². The maximum absolute atomic E-state index is 12.3. The van der Waals surface area contributed by atoms with E-state index in [1.807, 2.05) is 0 Å². The third-order valence-electron chi connectivity index (χ3n) is 3.83. The molecule has 132 valence electrons. The van der Waals surface area contributed by atoms with Crippen LogP contribution in [-0.4, -0.2) is 50.7 Å². The number of carbonyl (C=O) groups excluding carboxylic acids is 1. The van der Waals surface area contributed by atoms with E-state index in [2.05, 4.69) is 4.98 Å². The molecule has 1 aliphatic rings. The van der Waals surface area contributed by atoms with Crippen LogP contribution in [0, 0.1) is 0 Å². The Labute approximate surface area is 141 Å². The van der Waals surface area contributed by atoms with Crippen molar-refractivity contribution in [1.82, 2.24) is 9.55 Å². The average Bonchev–Trinajstić information content (AvgIpc) is 2.60. The minimum absolute atomic E-state index is 0.238. The van der Waals surface area contributed by atoms with Crippen molar-refractivity contribution < 1.29 is 24.5 Å². The van der Waals surface area contributed by atoms with Crippen LogP contribution in [-0.2, 0) is 9.47 Å². The Balaban J connectivity index is 1.92. The zero-order valence-corrected chi connectivity index (χ0v) is 12.9. The van der Waals surface area contributed by atoms with Gasteiger partial charge in [-0.15, -0.1) is 0 Å². The first-order valence-corrected chi connectivity index (χ1v) is 7.52. The summed E-state index contributed by atoms with van der Waals surface area (Å²) in [6.07, 6.45) is -4.14. The summed E-state index contributed by atoms with van der Waals surface area (Å²) in [5.74, 6) is -0.746. The maximum atomic E-state index is 12.3. The molecule has 0 bridgehead atoms. The normalized spacial score (nSPS) is 26.2. The van der Waals surface area contributed by atoms with Crippen LogP contribution in [0.25, 0.3) is 0 Å². The van der Waals surface area contributed by atoms with Gasteiger partial charge in [0.2, 0.25) is 0 Å². The number of nitrogens with one attached hydrogen (secondary N) is 1. The van der Waals surface area contributed by atoms with Gasteiger partial charge in [0.1, 0.15) is 12.2 Å². The molecule has 0 aliphatic carbocycles. The molecule has 0 saturated carbocycles. The lowest BCUT2D eigenvalue weighted by Crippen LogP contribution is -2.54. The molecule has 2 heterocycles. The molecule has 9 heteroatoms. The average molecular weight is 348 g/mol. The van der Waals surface area contributed by atoms with Crippen LogP contribution in [0.3, 0.4) is 0 Å². The molecule has 1 aromatic heterocycles. The van der Waals surface area contributed by atoms with E-state index in [1.165, 1.54) is 18.3 Å². The predicted molar refractivity (Wildman–Crippen MR) is 84.0 cm³/mol. The second-order valence-electron chi connectivity index (χ2n) is 5.54. The van der Waals surface area contributed by atoms with Crippen LogP contribution >= 0.6 is 0 Å². The molecule has 2 aromatic rings. The lowest BCUT2D eigenvalue weighted by molar-refractivity contribution is -0.212. The Morgan fingerprint density at radius 1 is 1.20 bits per heavy atom. The minimum atomic E-state index is -1.47. The number of H-pyrrole nitrogens is 1. The summed E-state index contributed by atoms with van der Waals surface area (Å²) in [5, 5.41) is 20.0. The predicted octanol–water partition coefficient (Wildman–Crippen LogP) is -0.987. The Kier molecular flexibility index (Phi) is 4.79. The molecule has 4 atom stereocenters. The van der Waals surface area contributed by atoms with Gasteiger partial charge in [-0.05, 0) is 12.1 Å². The second kappa shape index (κ2) is 7.01. The number of aromatic amines is 1. The number of aliphatic hydroxyl groups is 2. The molecule has 1 aromatic carbocycles. The lowest BCUT2D eigenvalue weighted by atomic mass is 10.0. The van der Waals surface area contributed by atoms with E-state index in [0.717, 1.165) is 10.6 Å². The van der Waals surface area contributed by atoms with Gasteiger partial charge in [0.15, 0.2) is 12.3 Å². The molecule has 3 rings (SSSR count). The van der Waals surface area contributed by atoms with E-state index in [1.54, 1.807) is 18.2 Å². The highest BCUT2D eigenvalue weighted by Gasteiger charge is 2.43. The topological polar surface area (TPSA) is 131 Å². The van der Waals surface area contributed by atoms with E-state index in [4.69, 9.17) is 9.47 Å². The molecule has 1 unspecified atom stereocenters. The SMILES string of the molecule is O=C(O[C@H]1C(n2ccc(=O)[nH]c2=O)OC[C@@H](O)[C@H]1O)c1ccccc1. The molecule has 1 fully saturated rings. The van der Waals surface area contributed by atoms with Crippen LogP contribution < -0.4 is 11.2 Å². The van der Waals surface area contributed by atoms with Gasteiger partial charge in [-0.3, -0.25) is 14.3 Å². The molecule has 1 aliphatic heterocycles. The van der Waals surface area contributed by atoms with Gasteiger partial charge in [0.05, 0.1) is 12.2 Å². The summed E-state index contributed by atoms with van der Waals surface area (Å²) in [5.41, 5.74) is -1.15. The van der Waals surface area contributed by atoms with Crippen molar-refractivity contribution in [1.29, 1.82) is 0 Å². The number of ether oxygens (including phenoxy) is 2. The first-order valence-electron chi connectivity index (χ1n) is 7.52. The van der Waals surface area contributed by atoms with Gasteiger partial charge in [-0.2, -0.15) is 0 Å². The van der Waals surface area contributed by atoms with Gasteiger partial charge in [0, 0.05) is 12.3 Å². The first-order chi connectivity index (χ1) is 12.0. The molecule has 9 nitrogen and oxygen atoms in total. The van der Waals surface area contributed by atoms with Gasteiger partial charge < -0.3 is 19.7 Å². The van der Waals surface area contributed by atoms with Crippen molar-refractivity contribution >= 4 is 5.97 Å². The standard InChI is InChI=1S/C16H16N2O7/c19-10-8-24-14(18-7-6-11(20)17-16(18)23)13(12(10)21)25-15(22)9-4-2-1-3-5-9/h1-7,10,12-14,19,21H,8H2,(H,17,20,23)/t10-,12-,13-,14?/m1/s1. The van der Waals surface area contributed by atoms with Gasteiger partial charge in [-0.25, -0.2) is 9.59 Å². The highest BCUT2D eigenvalue weighted by molar-refractivity contribution is 5.89. The van der Waals surface area contributed by atoms with E-state index < -0.39 is 41.8 Å². The number of esters is 1. The van der Waals surface area contributed by atoms with Crippen molar-refractivity contribution in [3.05, 3.63) is 69.0 Å². The molecule has 0 amide bonds. The molecular formula is C16H16N2O7. The number of hydrogen-bond acceptors (Lipinski definition) is 7. The smallest absolute Gasteiger partial charge is 0.338 e. The molecule has 1 saturated heterocycles. The van der Waals surface area contributed by atoms with Gasteiger partial charge in [0.25, 0.3) is 5.56 Å². The van der Waals surface area contributed by atoms with Crippen molar-refractivity contribution in [2.45, 2.75) is 24.5 Å². The van der Waals surface area contributed by atoms with Gasteiger partial charge >= 0.3 is 11.7 Å². The summed E-state index contributed by atoms with van der Waals surface area (Å²) < 4.78 is 11.6. The Morgan fingerprint density at radius 3 is 2.60 bits per heavy atom. The molecule has 0 radical (unpaired) electrons. The number of benzene rings is 1. The maximum Gasteiger partial charge on any atom is 0.338 e. The number of nitrogens with zero attached hydrogens (tertiary/aromatic N) is 1. The van der Waals surface area contributed by atoms with Crippen LogP contribution in [0.5, 0.6) is 0 Å². The molecule has 0 spiro atoms. The van der Waals surface area contributed by atoms with E-state index in [-0.39, 0.29) is 12.2 Å². The lowest BCUT2D eigenvalue weighted by Gasteiger charge is -2.38. The van der Waals surface area contributed by atoms with Crippen LogP contribution in [0.15, 0.2) is 52.2 Å². The van der Waals surface area contributed by atoms with Crippen LogP contribution in [0.2, 0.25) is 0 Å². The highest BCUT2D eigenvalue weighted by atomic mass is 16.6. The number of rotatable bonds is 3. The van der Waals surface area contributed by atoms with Crippen LogP contribution in [0.1, 0.15) is 16.6 Å². The van der Waals surface area contributed by atoms with Crippen molar-refractivity contribution in [2.75, 3.05) is 6.61 Å². The van der Waals surface area contributed by atoms with Crippen molar-refractivity contribution in [3.8, 4) is 0 Å². The fourth-order valence-corrected chi connectivity index (χ4v) is 2.54. The van der Waals surface area contributed by atoms with Crippen LogP contribution in [0.4, 0.5) is 0 Å². The third-order valence-corrected chi connectivity index (χ3v) is 3.83. The zero-order chi connectivity index (χ0) is 18.0. The molecule has 25 heavy (non-hydrogen) atoms. The van der Waals surface area contributed by atoms with Crippen molar-refractivity contribution in [3.63, 3.8) is 0 Å². The largest absolute Gasteiger partial charge is 0.451 e. The summed E-state index contributed by atoms with van der Waals surface area (Å²) in [4.78, 5) is 37.5. The van der Waals surface area contributed by atoms with Gasteiger partial charge in [-0.1, -0.05) is 18.2 Å². The molecule has 3 N–H and O–H groups in total. The summed E-state index contributed by atoms with van der Waals surface area (Å²) in [6, 6.07) is 9.15. The quantitative estimate of drug-likeness (QED) is 0.607. The summed E-state index contributed by atoms with van der Waals surface area (Å²) in [6.45, 7) is -0.267. The summed E-state index contributed by atoms with van der Waals surface area (Å²) >= 11 is 0. The first kappa shape index (κ1) is 17.1. The molecular weight excluding hydrogens is 332 g/mol. The third kappa shape index (κ3) is 3.53. The highest BCUT2D eigenvalue weighted by Crippen LogP contribution is 2.26. The monoisotopic (exact) mass is 348 g/mol. The number of aliphatic hydroxyl groups excluding tert-OH is 2. The number of hydrogen-bond donors (Lipinski definition) is 3. The Morgan fingerprint density at radius 2 is 1.92 bits per heavy atom.